The predicted molar refractivity (Wildman–Crippen MR) is 115 cm³/mol. The fraction of sp³-hybridized carbons (Fsp3) is 0.500. The number of hydrogen-bond donors (Lipinski definition) is 2. The fourth-order valence-electron chi connectivity index (χ4n) is 3.99. The Morgan fingerprint density at radius 3 is 2.26 bits per heavy atom. The van der Waals surface area contributed by atoms with Crippen molar-refractivity contribution >= 4 is 28.7 Å². The van der Waals surface area contributed by atoms with E-state index in [-0.39, 0.29) is 17.5 Å². The number of imidazole rings is 1. The zero-order chi connectivity index (χ0) is 22.3. The lowest BCUT2D eigenvalue weighted by Crippen LogP contribution is -2.27. The third-order valence-electron chi connectivity index (χ3n) is 5.51. The Labute approximate surface area is 179 Å². The molecule has 2 aromatic heterocycles. The summed E-state index contributed by atoms with van der Waals surface area (Å²) in [6.45, 7) is 8.24. The first-order valence-electron chi connectivity index (χ1n) is 10.6. The van der Waals surface area contributed by atoms with Crippen LogP contribution in [0.15, 0.2) is 18.3 Å². The molecule has 9 heteroatoms. The van der Waals surface area contributed by atoms with E-state index in [9.17, 15) is 13.2 Å². The van der Waals surface area contributed by atoms with E-state index in [0.29, 0.717) is 35.2 Å². The zero-order valence-corrected chi connectivity index (χ0v) is 18.1. The monoisotopic (exact) mass is 432 g/mol. The molecule has 1 fully saturated rings. The van der Waals surface area contributed by atoms with E-state index in [4.69, 9.17) is 0 Å². The SMILES string of the molecule is CC(C)(C)Nc1ncc2nc(Nc3c(F)cc(F)cc3F)n([C@H]3CC[C@@H](C)CC3)c2n1. The van der Waals surface area contributed by atoms with Crippen LogP contribution in [0.25, 0.3) is 11.2 Å². The van der Waals surface area contributed by atoms with Gasteiger partial charge in [-0.2, -0.15) is 4.98 Å². The molecule has 1 aliphatic rings. The van der Waals surface area contributed by atoms with Crippen molar-refractivity contribution in [1.29, 1.82) is 0 Å². The van der Waals surface area contributed by atoms with Crippen LogP contribution in [0, 0.1) is 23.4 Å². The molecule has 0 bridgehead atoms. The Morgan fingerprint density at radius 1 is 1.00 bits per heavy atom. The van der Waals surface area contributed by atoms with Crippen molar-refractivity contribution in [2.24, 2.45) is 5.92 Å². The number of aromatic nitrogens is 4. The fourth-order valence-corrected chi connectivity index (χ4v) is 3.99. The topological polar surface area (TPSA) is 67.7 Å². The number of nitrogens with zero attached hydrogens (tertiary/aromatic N) is 4. The average Bonchev–Trinajstić information content (AvgIpc) is 3.01. The molecule has 4 rings (SSSR count). The van der Waals surface area contributed by atoms with Crippen molar-refractivity contribution in [3.8, 4) is 0 Å². The minimum Gasteiger partial charge on any atom is -0.350 e. The van der Waals surface area contributed by atoms with Gasteiger partial charge in [0, 0.05) is 23.7 Å². The summed E-state index contributed by atoms with van der Waals surface area (Å²) in [5, 5.41) is 6.00. The van der Waals surface area contributed by atoms with E-state index in [1.807, 2.05) is 25.3 Å². The first kappa shape index (κ1) is 21.4. The third kappa shape index (κ3) is 4.60. The van der Waals surface area contributed by atoms with Gasteiger partial charge in [0.2, 0.25) is 11.9 Å². The molecule has 2 heterocycles. The lowest BCUT2D eigenvalue weighted by molar-refractivity contribution is 0.295. The summed E-state index contributed by atoms with van der Waals surface area (Å²) >= 11 is 0. The molecule has 2 N–H and O–H groups in total. The van der Waals surface area contributed by atoms with Crippen molar-refractivity contribution in [1.82, 2.24) is 19.5 Å². The van der Waals surface area contributed by atoms with E-state index in [1.165, 1.54) is 0 Å². The van der Waals surface area contributed by atoms with Crippen LogP contribution in [0.5, 0.6) is 0 Å². The molecule has 0 unspecified atom stereocenters. The maximum atomic E-state index is 14.3. The van der Waals surface area contributed by atoms with Gasteiger partial charge in [0.05, 0.1) is 6.20 Å². The maximum Gasteiger partial charge on any atom is 0.225 e. The maximum absolute atomic E-state index is 14.3. The van der Waals surface area contributed by atoms with E-state index in [0.717, 1.165) is 25.7 Å². The number of hydrogen-bond acceptors (Lipinski definition) is 5. The van der Waals surface area contributed by atoms with Crippen LogP contribution in [-0.2, 0) is 0 Å². The van der Waals surface area contributed by atoms with Crippen molar-refractivity contribution in [2.45, 2.75) is 65.0 Å². The molecule has 0 aliphatic heterocycles. The molecule has 1 aliphatic carbocycles. The normalized spacial score (nSPS) is 19.6. The Bertz CT molecular complexity index is 1070. The highest BCUT2D eigenvalue weighted by atomic mass is 19.1. The molecule has 0 amide bonds. The van der Waals surface area contributed by atoms with Crippen molar-refractivity contribution in [3.63, 3.8) is 0 Å². The summed E-state index contributed by atoms with van der Waals surface area (Å²) in [6, 6.07) is 1.37. The zero-order valence-electron chi connectivity index (χ0n) is 18.1. The van der Waals surface area contributed by atoms with Gasteiger partial charge in [-0.3, -0.25) is 4.57 Å². The van der Waals surface area contributed by atoms with Crippen LogP contribution >= 0.6 is 0 Å². The molecule has 1 aromatic carbocycles. The van der Waals surface area contributed by atoms with Crippen LogP contribution in [0.4, 0.5) is 30.8 Å². The molecular weight excluding hydrogens is 405 g/mol. The Hall–Kier alpha value is -2.84. The van der Waals surface area contributed by atoms with Crippen LogP contribution in [0.1, 0.15) is 59.4 Å². The number of fused-ring (bicyclic) bond motifs is 1. The second kappa shape index (κ2) is 8.01. The highest BCUT2D eigenvalue weighted by Gasteiger charge is 2.27. The molecule has 0 atom stereocenters. The highest BCUT2D eigenvalue weighted by molar-refractivity contribution is 5.76. The lowest BCUT2D eigenvalue weighted by Gasteiger charge is -2.28. The van der Waals surface area contributed by atoms with Crippen molar-refractivity contribution < 1.29 is 13.2 Å². The number of nitrogens with one attached hydrogen (secondary N) is 2. The molecule has 0 radical (unpaired) electrons. The van der Waals surface area contributed by atoms with Crippen molar-refractivity contribution in [3.05, 3.63) is 35.8 Å². The van der Waals surface area contributed by atoms with Crippen molar-refractivity contribution in [2.75, 3.05) is 10.6 Å². The minimum atomic E-state index is -1.02. The summed E-state index contributed by atoms with van der Waals surface area (Å²) in [5.41, 5.74) is 0.429. The standard InChI is InChI=1S/C22H27F3N6/c1-12-5-7-14(8-6-12)31-19-17(11-26-20(29-19)30-22(2,3)4)27-21(31)28-18-15(24)9-13(23)10-16(18)25/h9-12,14H,5-8H2,1-4H3,(H,27,28)(H,26,29,30)/t12-,14+. The van der Waals surface area contributed by atoms with E-state index in [1.54, 1.807) is 6.20 Å². The Morgan fingerprint density at radius 2 is 1.65 bits per heavy atom. The molecule has 0 spiro atoms. The van der Waals surface area contributed by atoms with Crippen LogP contribution in [0.3, 0.4) is 0 Å². The van der Waals surface area contributed by atoms with Crippen LogP contribution in [-0.4, -0.2) is 25.1 Å². The lowest BCUT2D eigenvalue weighted by atomic mass is 9.87. The molecular formula is C22H27F3N6. The van der Waals surface area contributed by atoms with Gasteiger partial charge >= 0.3 is 0 Å². The first-order valence-corrected chi connectivity index (χ1v) is 10.6. The van der Waals surface area contributed by atoms with Gasteiger partial charge in [-0.05, 0) is 52.4 Å². The number of halogens is 3. The van der Waals surface area contributed by atoms with Gasteiger partial charge in [0.25, 0.3) is 0 Å². The van der Waals surface area contributed by atoms with Crippen LogP contribution in [0.2, 0.25) is 0 Å². The van der Waals surface area contributed by atoms with Gasteiger partial charge in [-0.15, -0.1) is 0 Å². The second-order valence-corrected chi connectivity index (χ2v) is 9.37. The summed E-state index contributed by atoms with van der Waals surface area (Å²) < 4.78 is 43.9. The Balaban J connectivity index is 1.81. The summed E-state index contributed by atoms with van der Waals surface area (Å²) in [6.07, 6.45) is 5.49. The summed E-state index contributed by atoms with van der Waals surface area (Å²) in [4.78, 5) is 13.5. The van der Waals surface area contributed by atoms with Gasteiger partial charge in [0.15, 0.2) is 17.3 Å². The summed E-state index contributed by atoms with van der Waals surface area (Å²) in [5.74, 6) is -1.66. The van der Waals surface area contributed by atoms with Gasteiger partial charge in [-0.25, -0.2) is 23.1 Å². The third-order valence-corrected chi connectivity index (χ3v) is 5.51. The summed E-state index contributed by atoms with van der Waals surface area (Å²) in [7, 11) is 0. The highest BCUT2D eigenvalue weighted by Crippen LogP contribution is 2.37. The smallest absolute Gasteiger partial charge is 0.225 e. The number of anilines is 3. The first-order chi connectivity index (χ1) is 14.6. The minimum absolute atomic E-state index is 0.0765. The van der Waals surface area contributed by atoms with Gasteiger partial charge < -0.3 is 10.6 Å². The van der Waals surface area contributed by atoms with E-state index >= 15 is 0 Å². The quantitative estimate of drug-likeness (QED) is 0.533. The molecule has 3 aromatic rings. The number of rotatable bonds is 4. The van der Waals surface area contributed by atoms with Gasteiger partial charge in [0.1, 0.15) is 17.0 Å². The average molecular weight is 432 g/mol. The molecule has 31 heavy (non-hydrogen) atoms. The Kier molecular flexibility index (Phi) is 5.53. The number of benzene rings is 1. The molecule has 1 saturated carbocycles. The van der Waals surface area contributed by atoms with E-state index in [2.05, 4.69) is 32.5 Å². The second-order valence-electron chi connectivity index (χ2n) is 9.37. The van der Waals surface area contributed by atoms with Gasteiger partial charge in [-0.1, -0.05) is 6.92 Å². The van der Waals surface area contributed by atoms with E-state index < -0.39 is 23.1 Å². The molecule has 6 nitrogen and oxygen atoms in total. The predicted octanol–water partition coefficient (Wildman–Crippen LogP) is 5.95. The molecule has 0 saturated heterocycles. The van der Waals surface area contributed by atoms with Crippen LogP contribution < -0.4 is 10.6 Å². The molecule has 166 valence electrons. The largest absolute Gasteiger partial charge is 0.350 e.